The lowest BCUT2D eigenvalue weighted by atomic mass is 9.94. The molecule has 0 spiro atoms. The Labute approximate surface area is 189 Å². The van der Waals surface area contributed by atoms with Gasteiger partial charge in [0, 0.05) is 42.4 Å². The van der Waals surface area contributed by atoms with E-state index in [1.807, 2.05) is 42.5 Å². The summed E-state index contributed by atoms with van der Waals surface area (Å²) in [4.78, 5) is 15.1. The second-order valence-electron chi connectivity index (χ2n) is 9.60. The van der Waals surface area contributed by atoms with Gasteiger partial charge in [0.1, 0.15) is 5.75 Å². The molecule has 6 rings (SSSR count). The zero-order valence-corrected chi connectivity index (χ0v) is 18.5. The molecule has 1 aliphatic heterocycles. The van der Waals surface area contributed by atoms with Crippen LogP contribution in [0.2, 0.25) is 0 Å². The molecule has 2 atom stereocenters. The lowest BCUT2D eigenvalue weighted by Crippen LogP contribution is -2.31. The summed E-state index contributed by atoms with van der Waals surface area (Å²) >= 11 is 0. The monoisotopic (exact) mass is 427 g/mol. The van der Waals surface area contributed by atoms with E-state index in [0.29, 0.717) is 18.3 Å². The molecule has 5 heteroatoms. The van der Waals surface area contributed by atoms with Gasteiger partial charge in [-0.05, 0) is 48.8 Å². The van der Waals surface area contributed by atoms with Crippen molar-refractivity contribution >= 4 is 5.91 Å². The van der Waals surface area contributed by atoms with Gasteiger partial charge in [0.2, 0.25) is 5.91 Å². The first-order chi connectivity index (χ1) is 15.7. The summed E-state index contributed by atoms with van der Waals surface area (Å²) in [5.74, 6) is 2.74. The van der Waals surface area contributed by atoms with Crippen molar-refractivity contribution in [2.45, 2.75) is 38.1 Å². The highest BCUT2D eigenvalue weighted by atomic mass is 16.5. The Morgan fingerprint density at radius 3 is 2.72 bits per heavy atom. The Kier molecular flexibility index (Phi) is 4.78. The molecule has 0 N–H and O–H groups in total. The summed E-state index contributed by atoms with van der Waals surface area (Å²) in [5, 5.41) is 5.11. The summed E-state index contributed by atoms with van der Waals surface area (Å²) in [7, 11) is 1.71. The molecule has 2 fully saturated rings. The third-order valence-corrected chi connectivity index (χ3v) is 7.39. The molecule has 3 aromatic rings. The molecule has 1 saturated heterocycles. The van der Waals surface area contributed by atoms with Crippen LogP contribution in [0, 0.1) is 11.8 Å². The minimum atomic E-state index is 0.237. The number of carbonyl (C=O) groups is 1. The molecule has 164 valence electrons. The Bertz CT molecular complexity index is 1150. The van der Waals surface area contributed by atoms with Gasteiger partial charge in [0.15, 0.2) is 0 Å². The number of carbonyl (C=O) groups excluding carboxylic acids is 1. The highest BCUT2D eigenvalue weighted by Gasteiger charge is 2.45. The van der Waals surface area contributed by atoms with E-state index < -0.39 is 0 Å². The number of benzene rings is 2. The third-order valence-electron chi connectivity index (χ3n) is 7.39. The maximum Gasteiger partial charge on any atom is 0.227 e. The van der Waals surface area contributed by atoms with Gasteiger partial charge in [0.25, 0.3) is 0 Å². The standard InChI is InChI=1S/C27H29N3O2/c1-32-22-9-5-8-20(13-22)27-26-23-17-29(25(31)12-18-6-3-2-4-7-18)16-21(23)14-24(26)30(28-27)15-19-10-11-19/h2-9,13,19,21,23H,10-12,14-17H2,1H3/t21-,23+/m1/s1. The predicted octanol–water partition coefficient (Wildman–Crippen LogP) is 4.31. The quantitative estimate of drug-likeness (QED) is 0.589. The molecule has 32 heavy (non-hydrogen) atoms. The number of hydrogen-bond donors (Lipinski definition) is 0. The molecule has 5 nitrogen and oxygen atoms in total. The molecule has 1 saturated carbocycles. The van der Waals surface area contributed by atoms with Crippen molar-refractivity contribution in [2.75, 3.05) is 20.2 Å². The van der Waals surface area contributed by atoms with E-state index in [-0.39, 0.29) is 5.91 Å². The summed E-state index contributed by atoms with van der Waals surface area (Å²) in [6.07, 6.45) is 4.14. The maximum atomic E-state index is 13.0. The van der Waals surface area contributed by atoms with E-state index in [4.69, 9.17) is 9.84 Å². The molecule has 0 unspecified atom stereocenters. The van der Waals surface area contributed by atoms with Crippen molar-refractivity contribution in [1.29, 1.82) is 0 Å². The molecular weight excluding hydrogens is 398 g/mol. The van der Waals surface area contributed by atoms with Crippen LogP contribution in [0.5, 0.6) is 5.75 Å². The summed E-state index contributed by atoms with van der Waals surface area (Å²) in [5.41, 5.74) is 6.07. The van der Waals surface area contributed by atoms with Gasteiger partial charge in [-0.15, -0.1) is 0 Å². The largest absolute Gasteiger partial charge is 0.497 e. The average molecular weight is 428 g/mol. The fraction of sp³-hybridized carbons (Fsp3) is 0.407. The van der Waals surface area contributed by atoms with Crippen LogP contribution in [0.3, 0.4) is 0 Å². The van der Waals surface area contributed by atoms with Gasteiger partial charge in [0.05, 0.1) is 19.2 Å². The fourth-order valence-electron chi connectivity index (χ4n) is 5.53. The van der Waals surface area contributed by atoms with E-state index in [1.165, 1.54) is 24.1 Å². The molecular formula is C27H29N3O2. The number of hydrogen-bond acceptors (Lipinski definition) is 3. The predicted molar refractivity (Wildman–Crippen MR) is 124 cm³/mol. The van der Waals surface area contributed by atoms with Crippen molar-refractivity contribution in [3.05, 3.63) is 71.4 Å². The summed E-state index contributed by atoms with van der Waals surface area (Å²) < 4.78 is 7.77. The number of aromatic nitrogens is 2. The van der Waals surface area contributed by atoms with Crippen LogP contribution in [-0.2, 0) is 24.2 Å². The first-order valence-electron chi connectivity index (χ1n) is 11.8. The van der Waals surface area contributed by atoms with Crippen molar-refractivity contribution in [1.82, 2.24) is 14.7 Å². The van der Waals surface area contributed by atoms with Crippen LogP contribution < -0.4 is 4.74 Å². The number of amides is 1. The van der Waals surface area contributed by atoms with Crippen molar-refractivity contribution < 1.29 is 9.53 Å². The smallest absolute Gasteiger partial charge is 0.227 e. The molecule has 2 aromatic carbocycles. The van der Waals surface area contributed by atoms with Gasteiger partial charge in [-0.1, -0.05) is 42.5 Å². The van der Waals surface area contributed by atoms with Crippen LogP contribution >= 0.6 is 0 Å². The first-order valence-corrected chi connectivity index (χ1v) is 11.8. The van der Waals surface area contributed by atoms with E-state index in [9.17, 15) is 4.79 Å². The van der Waals surface area contributed by atoms with Crippen LogP contribution in [0.1, 0.15) is 35.6 Å². The van der Waals surface area contributed by atoms with Gasteiger partial charge in [-0.3, -0.25) is 9.48 Å². The normalized spacial score (nSPS) is 21.5. The Morgan fingerprint density at radius 1 is 1.09 bits per heavy atom. The van der Waals surface area contributed by atoms with E-state index in [0.717, 1.165) is 54.5 Å². The van der Waals surface area contributed by atoms with Gasteiger partial charge >= 0.3 is 0 Å². The number of ether oxygens (including phenoxy) is 1. The topological polar surface area (TPSA) is 47.4 Å². The zero-order valence-electron chi connectivity index (χ0n) is 18.5. The van der Waals surface area contributed by atoms with E-state index in [1.54, 1.807) is 7.11 Å². The van der Waals surface area contributed by atoms with Crippen molar-refractivity contribution in [3.63, 3.8) is 0 Å². The fourth-order valence-corrected chi connectivity index (χ4v) is 5.53. The summed E-state index contributed by atoms with van der Waals surface area (Å²) in [6.45, 7) is 2.68. The molecule has 2 heterocycles. The van der Waals surface area contributed by atoms with Crippen molar-refractivity contribution in [2.24, 2.45) is 11.8 Å². The van der Waals surface area contributed by atoms with Crippen LogP contribution in [0.15, 0.2) is 54.6 Å². The minimum Gasteiger partial charge on any atom is -0.497 e. The van der Waals surface area contributed by atoms with Gasteiger partial charge < -0.3 is 9.64 Å². The van der Waals surface area contributed by atoms with Crippen LogP contribution in [0.25, 0.3) is 11.3 Å². The lowest BCUT2D eigenvalue weighted by Gasteiger charge is -2.18. The van der Waals surface area contributed by atoms with E-state index >= 15 is 0 Å². The van der Waals surface area contributed by atoms with Crippen LogP contribution in [-0.4, -0.2) is 40.8 Å². The molecule has 1 aromatic heterocycles. The highest BCUT2D eigenvalue weighted by molar-refractivity contribution is 5.79. The lowest BCUT2D eigenvalue weighted by molar-refractivity contribution is -0.129. The number of methoxy groups -OCH3 is 1. The number of fused-ring (bicyclic) bond motifs is 3. The minimum absolute atomic E-state index is 0.237. The average Bonchev–Trinajstić information content (AvgIpc) is 3.28. The molecule has 0 bridgehead atoms. The summed E-state index contributed by atoms with van der Waals surface area (Å²) in [6, 6.07) is 18.3. The Balaban J connectivity index is 1.30. The van der Waals surface area contributed by atoms with Gasteiger partial charge in [-0.25, -0.2) is 0 Å². The maximum absolute atomic E-state index is 13.0. The third kappa shape index (κ3) is 3.50. The van der Waals surface area contributed by atoms with Crippen LogP contribution in [0.4, 0.5) is 0 Å². The number of likely N-dealkylation sites (tertiary alicyclic amines) is 1. The molecule has 1 amide bonds. The first kappa shape index (κ1) is 19.6. The Morgan fingerprint density at radius 2 is 1.94 bits per heavy atom. The Hall–Kier alpha value is -3.08. The SMILES string of the molecule is COc1cccc(-c2nn(CC3CC3)c3c2[C@H]2CN(C(=O)Cc4ccccc4)C[C@H]2C3)c1. The molecule has 2 aliphatic carbocycles. The number of nitrogens with zero attached hydrogens (tertiary/aromatic N) is 3. The second kappa shape index (κ2) is 7.80. The van der Waals surface area contributed by atoms with Gasteiger partial charge in [-0.2, -0.15) is 5.10 Å². The van der Waals surface area contributed by atoms with E-state index in [2.05, 4.69) is 21.7 Å². The second-order valence-corrected chi connectivity index (χ2v) is 9.60. The van der Waals surface area contributed by atoms with Crippen molar-refractivity contribution in [3.8, 4) is 17.0 Å². The number of rotatable bonds is 6. The highest BCUT2D eigenvalue weighted by Crippen LogP contribution is 2.48. The molecule has 3 aliphatic rings. The molecule has 0 radical (unpaired) electrons. The zero-order chi connectivity index (χ0) is 21.7.